The first-order valence-corrected chi connectivity index (χ1v) is 10.7. The van der Waals surface area contributed by atoms with Crippen LogP contribution in [-0.4, -0.2) is 46.9 Å². The average molecular weight is 402 g/mol. The van der Waals surface area contributed by atoms with E-state index in [0.717, 1.165) is 50.5 Å². The summed E-state index contributed by atoms with van der Waals surface area (Å²) in [5.41, 5.74) is 2.13. The first-order chi connectivity index (χ1) is 14.7. The third kappa shape index (κ3) is 3.65. The number of piperidine rings is 1. The first kappa shape index (κ1) is 19.1. The van der Waals surface area contributed by atoms with Gasteiger partial charge in [-0.25, -0.2) is 4.98 Å². The van der Waals surface area contributed by atoms with Crippen LogP contribution in [0.15, 0.2) is 77.5 Å². The molecule has 5 nitrogen and oxygen atoms in total. The second-order valence-electron chi connectivity index (χ2n) is 8.60. The largest absolute Gasteiger partial charge is 0.449 e. The Morgan fingerprint density at radius 1 is 1.03 bits per heavy atom. The Morgan fingerprint density at radius 2 is 1.73 bits per heavy atom. The van der Waals surface area contributed by atoms with Gasteiger partial charge in [0, 0.05) is 30.6 Å². The molecular formula is C25H27N3O2. The molecule has 3 aromatic rings. The molecule has 2 fully saturated rings. The summed E-state index contributed by atoms with van der Waals surface area (Å²) in [6.45, 7) is 4.48. The van der Waals surface area contributed by atoms with Crippen LogP contribution in [0.4, 0.5) is 0 Å². The van der Waals surface area contributed by atoms with E-state index < -0.39 is 0 Å². The van der Waals surface area contributed by atoms with Crippen LogP contribution in [0.3, 0.4) is 0 Å². The molecule has 0 radical (unpaired) electrons. The van der Waals surface area contributed by atoms with Crippen LogP contribution in [0.2, 0.25) is 0 Å². The molecule has 1 spiro atoms. The number of likely N-dealkylation sites (tertiary alicyclic amines) is 2. The van der Waals surface area contributed by atoms with E-state index >= 15 is 0 Å². The van der Waals surface area contributed by atoms with Gasteiger partial charge in [-0.2, -0.15) is 0 Å². The number of carbonyl (C=O) groups is 1. The van der Waals surface area contributed by atoms with Crippen molar-refractivity contribution in [3.05, 3.63) is 90.1 Å². The number of carbonyl (C=O) groups excluding carboxylic acids is 1. The molecule has 0 bridgehead atoms. The zero-order valence-electron chi connectivity index (χ0n) is 17.1. The summed E-state index contributed by atoms with van der Waals surface area (Å²) in [5, 5.41) is 0. The molecule has 1 atom stereocenters. The van der Waals surface area contributed by atoms with Gasteiger partial charge in [-0.3, -0.25) is 9.69 Å². The number of benzene rings is 2. The van der Waals surface area contributed by atoms with Crippen molar-refractivity contribution in [1.82, 2.24) is 14.8 Å². The normalized spacial score (nSPS) is 21.2. The fraction of sp³-hybridized carbons (Fsp3) is 0.360. The second-order valence-corrected chi connectivity index (χ2v) is 8.60. The molecule has 2 aliphatic rings. The maximum Gasteiger partial charge on any atom is 0.253 e. The van der Waals surface area contributed by atoms with Crippen LogP contribution in [0.1, 0.15) is 40.6 Å². The van der Waals surface area contributed by atoms with E-state index in [2.05, 4.69) is 40.2 Å². The Balaban J connectivity index is 1.34. The number of nitrogens with zero attached hydrogens (tertiary/aromatic N) is 3. The summed E-state index contributed by atoms with van der Waals surface area (Å²) in [6.07, 6.45) is 5.46. The lowest BCUT2D eigenvalue weighted by Crippen LogP contribution is -2.43. The van der Waals surface area contributed by atoms with Crippen LogP contribution < -0.4 is 0 Å². The second kappa shape index (κ2) is 8.07. The van der Waals surface area contributed by atoms with E-state index in [1.807, 2.05) is 35.2 Å². The Morgan fingerprint density at radius 3 is 2.40 bits per heavy atom. The SMILES string of the molecule is O=C(c1ccccc1)N1CC(c2ncco2)C2(CCN(Cc3ccccc3)CC2)C1. The zero-order valence-corrected chi connectivity index (χ0v) is 17.1. The molecule has 2 aliphatic heterocycles. The number of hydrogen-bond donors (Lipinski definition) is 0. The van der Waals surface area contributed by atoms with Crippen molar-refractivity contribution >= 4 is 5.91 Å². The Bertz CT molecular complexity index is 964. The van der Waals surface area contributed by atoms with Gasteiger partial charge in [-0.1, -0.05) is 48.5 Å². The van der Waals surface area contributed by atoms with Crippen LogP contribution in [-0.2, 0) is 6.54 Å². The predicted octanol–water partition coefficient (Wildman–Crippen LogP) is 4.20. The van der Waals surface area contributed by atoms with Crippen LogP contribution >= 0.6 is 0 Å². The molecule has 5 rings (SSSR count). The summed E-state index contributed by atoms with van der Waals surface area (Å²) >= 11 is 0. The molecule has 1 unspecified atom stereocenters. The zero-order chi connectivity index (χ0) is 20.4. The van der Waals surface area contributed by atoms with Crippen LogP contribution in [0.25, 0.3) is 0 Å². The summed E-state index contributed by atoms with van der Waals surface area (Å²) in [5.74, 6) is 1.03. The van der Waals surface area contributed by atoms with E-state index in [1.165, 1.54) is 5.56 Å². The number of oxazole rings is 1. The van der Waals surface area contributed by atoms with Crippen molar-refractivity contribution in [3.8, 4) is 0 Å². The van der Waals surface area contributed by atoms with Gasteiger partial charge in [0.2, 0.25) is 0 Å². The minimum absolute atomic E-state index is 0.0302. The van der Waals surface area contributed by atoms with Gasteiger partial charge in [-0.05, 0) is 43.6 Å². The number of amides is 1. The summed E-state index contributed by atoms with van der Waals surface area (Å²) in [4.78, 5) is 22.2. The Kier molecular flexibility index (Phi) is 5.13. The van der Waals surface area contributed by atoms with E-state index in [9.17, 15) is 4.79 Å². The monoisotopic (exact) mass is 401 g/mol. The van der Waals surface area contributed by atoms with Crippen molar-refractivity contribution in [2.75, 3.05) is 26.2 Å². The first-order valence-electron chi connectivity index (χ1n) is 10.7. The minimum Gasteiger partial charge on any atom is -0.449 e. The predicted molar refractivity (Wildman–Crippen MR) is 115 cm³/mol. The van der Waals surface area contributed by atoms with Gasteiger partial charge < -0.3 is 9.32 Å². The fourth-order valence-electron chi connectivity index (χ4n) is 5.14. The van der Waals surface area contributed by atoms with Crippen molar-refractivity contribution in [1.29, 1.82) is 0 Å². The topological polar surface area (TPSA) is 49.6 Å². The summed E-state index contributed by atoms with van der Waals surface area (Å²) < 4.78 is 5.74. The van der Waals surface area contributed by atoms with E-state index in [1.54, 1.807) is 12.5 Å². The molecule has 2 saturated heterocycles. The third-order valence-electron chi connectivity index (χ3n) is 6.81. The smallest absolute Gasteiger partial charge is 0.253 e. The van der Waals surface area contributed by atoms with E-state index in [4.69, 9.17) is 4.42 Å². The lowest BCUT2D eigenvalue weighted by molar-refractivity contribution is 0.0689. The lowest BCUT2D eigenvalue weighted by atomic mass is 9.70. The molecule has 2 aromatic carbocycles. The molecule has 154 valence electrons. The Labute approximate surface area is 177 Å². The van der Waals surface area contributed by atoms with Gasteiger partial charge >= 0.3 is 0 Å². The molecule has 5 heteroatoms. The van der Waals surface area contributed by atoms with Crippen molar-refractivity contribution in [2.24, 2.45) is 5.41 Å². The van der Waals surface area contributed by atoms with Crippen molar-refractivity contribution in [3.63, 3.8) is 0 Å². The lowest BCUT2D eigenvalue weighted by Gasteiger charge is -2.41. The average Bonchev–Trinajstić information content (AvgIpc) is 3.45. The third-order valence-corrected chi connectivity index (χ3v) is 6.81. The van der Waals surface area contributed by atoms with Gasteiger partial charge in [-0.15, -0.1) is 0 Å². The van der Waals surface area contributed by atoms with Gasteiger partial charge in [0.05, 0.1) is 12.1 Å². The van der Waals surface area contributed by atoms with Gasteiger partial charge in [0.25, 0.3) is 5.91 Å². The maximum atomic E-state index is 13.2. The van der Waals surface area contributed by atoms with Crippen LogP contribution in [0.5, 0.6) is 0 Å². The van der Waals surface area contributed by atoms with Gasteiger partial charge in [0.15, 0.2) is 5.89 Å². The highest BCUT2D eigenvalue weighted by Gasteiger charge is 2.51. The highest BCUT2D eigenvalue weighted by atomic mass is 16.3. The summed E-state index contributed by atoms with van der Waals surface area (Å²) in [7, 11) is 0. The molecule has 0 saturated carbocycles. The number of aromatic nitrogens is 1. The summed E-state index contributed by atoms with van der Waals surface area (Å²) in [6, 6.07) is 20.2. The van der Waals surface area contributed by atoms with Crippen molar-refractivity contribution in [2.45, 2.75) is 25.3 Å². The van der Waals surface area contributed by atoms with Crippen molar-refractivity contribution < 1.29 is 9.21 Å². The molecule has 1 amide bonds. The standard InChI is InChI=1S/C25H27N3O2/c29-24(21-9-5-2-6-10-21)28-18-22(23-26-13-16-30-23)25(19-28)11-14-27(15-12-25)17-20-7-3-1-4-8-20/h1-10,13,16,22H,11-12,14-15,17-19H2. The highest BCUT2D eigenvalue weighted by Crippen LogP contribution is 2.49. The number of rotatable bonds is 4. The number of hydrogen-bond acceptors (Lipinski definition) is 4. The van der Waals surface area contributed by atoms with E-state index in [0.29, 0.717) is 6.54 Å². The molecule has 30 heavy (non-hydrogen) atoms. The molecular weight excluding hydrogens is 374 g/mol. The molecule has 3 heterocycles. The van der Waals surface area contributed by atoms with E-state index in [-0.39, 0.29) is 17.2 Å². The Hall–Kier alpha value is -2.92. The highest BCUT2D eigenvalue weighted by molar-refractivity contribution is 5.94. The molecule has 1 aromatic heterocycles. The molecule has 0 N–H and O–H groups in total. The molecule has 0 aliphatic carbocycles. The minimum atomic E-state index is 0.0302. The quantitative estimate of drug-likeness (QED) is 0.658. The van der Waals surface area contributed by atoms with Gasteiger partial charge in [0.1, 0.15) is 6.26 Å². The van der Waals surface area contributed by atoms with Crippen LogP contribution in [0, 0.1) is 5.41 Å². The maximum absolute atomic E-state index is 13.2. The fourth-order valence-corrected chi connectivity index (χ4v) is 5.14.